The molecule has 0 aliphatic rings. The molecular weight excluding hydrogens is 388 g/mol. The summed E-state index contributed by atoms with van der Waals surface area (Å²) < 4.78 is 0. The minimum Gasteiger partial charge on any atom is -0.544 e. The van der Waals surface area contributed by atoms with Crippen molar-refractivity contribution in [3.05, 3.63) is 31.3 Å². The van der Waals surface area contributed by atoms with Crippen molar-refractivity contribution in [2.75, 3.05) is 0 Å². The van der Waals surface area contributed by atoms with E-state index in [0.717, 1.165) is 11.4 Å². The van der Waals surface area contributed by atoms with Crippen LogP contribution in [-0.4, -0.2) is 10.1 Å². The first-order chi connectivity index (χ1) is 5.11. The van der Waals surface area contributed by atoms with Crippen LogP contribution in [0.3, 0.4) is 0 Å². The third-order valence-corrected chi connectivity index (χ3v) is 1.04. The summed E-state index contributed by atoms with van der Waals surface area (Å²) in [5.74, 6) is 0.225. The number of aromatic nitrogens is 1. The van der Waals surface area contributed by atoms with Crippen molar-refractivity contribution in [2.24, 2.45) is 0 Å². The van der Waals surface area contributed by atoms with Crippen LogP contribution in [0.4, 0.5) is 0 Å². The second-order valence-corrected chi connectivity index (χ2v) is 2.43. The Labute approximate surface area is 106 Å². The summed E-state index contributed by atoms with van der Waals surface area (Å²) in [7, 11) is 0. The van der Waals surface area contributed by atoms with Crippen molar-refractivity contribution in [3.8, 4) is 5.75 Å². The molecule has 0 amide bonds. The van der Waals surface area contributed by atoms with E-state index in [0.29, 0.717) is 0 Å². The van der Waals surface area contributed by atoms with Gasteiger partial charge in [0.2, 0.25) is 0 Å². The van der Waals surface area contributed by atoms with Crippen molar-refractivity contribution >= 4 is 0 Å². The molecular formula is C10H18NOU. The van der Waals surface area contributed by atoms with E-state index in [2.05, 4.69) is 11.1 Å². The van der Waals surface area contributed by atoms with Gasteiger partial charge in [0.1, 0.15) is 0 Å². The summed E-state index contributed by atoms with van der Waals surface area (Å²) in [5, 5.41) is 8.85. The zero-order chi connectivity index (χ0) is 8.85. The van der Waals surface area contributed by atoms with Crippen molar-refractivity contribution in [1.29, 1.82) is 0 Å². The number of H-pyrrole nitrogens is 1. The largest absolute Gasteiger partial charge is 3.00 e. The summed E-state index contributed by atoms with van der Waals surface area (Å²) in [6.45, 7) is 7.66. The van der Waals surface area contributed by atoms with Crippen LogP contribution in [-0.2, 0) is 0 Å². The van der Waals surface area contributed by atoms with E-state index in [4.69, 9.17) is 5.11 Å². The van der Waals surface area contributed by atoms with Crippen molar-refractivity contribution < 1.29 is 36.2 Å². The van der Waals surface area contributed by atoms with E-state index < -0.39 is 0 Å². The molecule has 1 rings (SSSR count). The first-order valence-electron chi connectivity index (χ1n) is 3.63. The van der Waals surface area contributed by atoms with Gasteiger partial charge in [-0.05, 0) is 12.7 Å². The van der Waals surface area contributed by atoms with E-state index in [1.807, 2.05) is 27.2 Å². The van der Waals surface area contributed by atoms with Crippen LogP contribution in [0.25, 0.3) is 0 Å². The van der Waals surface area contributed by atoms with Crippen LogP contribution in [0.15, 0.2) is 0 Å². The maximum atomic E-state index is 8.85. The van der Waals surface area contributed by atoms with E-state index in [1.165, 1.54) is 0 Å². The molecule has 0 unspecified atom stereocenters. The first-order valence-corrected chi connectivity index (χ1v) is 3.63. The van der Waals surface area contributed by atoms with Gasteiger partial charge in [0.15, 0.2) is 0 Å². The van der Waals surface area contributed by atoms with Gasteiger partial charge in [-0.15, -0.1) is 0 Å². The zero-order valence-corrected chi connectivity index (χ0v) is 13.2. The Hall–Kier alpha value is 0.132. The van der Waals surface area contributed by atoms with Crippen molar-refractivity contribution in [3.63, 3.8) is 0 Å². The van der Waals surface area contributed by atoms with Crippen LogP contribution in [0, 0.1) is 64.9 Å². The normalized spacial score (nSPS) is 7.38. The third-order valence-electron chi connectivity index (χ3n) is 1.04. The Kier molecular flexibility index (Phi) is 14.8. The fourth-order valence-electron chi connectivity index (χ4n) is 0.643. The van der Waals surface area contributed by atoms with E-state index in [-0.39, 0.29) is 44.3 Å². The Bertz CT molecular complexity index is 189. The summed E-state index contributed by atoms with van der Waals surface area (Å²) in [6, 6.07) is 2.71. The molecule has 0 bridgehead atoms. The van der Waals surface area contributed by atoms with E-state index in [1.54, 1.807) is 6.92 Å². The molecule has 0 aromatic carbocycles. The van der Waals surface area contributed by atoms with Crippen LogP contribution in [0.1, 0.15) is 25.2 Å². The Morgan fingerprint density at radius 2 is 1.69 bits per heavy atom. The summed E-state index contributed by atoms with van der Waals surface area (Å²) in [6.07, 6.45) is 2.00. The van der Waals surface area contributed by atoms with Gasteiger partial charge in [-0.3, -0.25) is 0 Å². The molecule has 0 atom stereocenters. The molecule has 1 radical (unpaired) electrons. The zero-order valence-electron chi connectivity index (χ0n) is 9.02. The minimum absolute atomic E-state index is 0. The average molecular weight is 406 g/mol. The molecule has 3 heteroatoms. The first kappa shape index (κ1) is 18.8. The van der Waals surface area contributed by atoms with E-state index in [9.17, 15) is 0 Å². The number of rotatable bonds is 0. The smallest absolute Gasteiger partial charge is 0.544 e. The van der Waals surface area contributed by atoms with Gasteiger partial charge in [-0.2, -0.15) is 19.9 Å². The third kappa shape index (κ3) is 8.46. The molecule has 1 heterocycles. The minimum atomic E-state index is 0. The average Bonchev–Trinajstić information content (AvgIpc) is 2.12. The predicted molar refractivity (Wildman–Crippen MR) is 52.8 cm³/mol. The fraction of sp³-hybridized carbons (Fsp3) is 0.400. The molecule has 13 heavy (non-hydrogen) atoms. The monoisotopic (exact) mass is 406 g/mol. The van der Waals surface area contributed by atoms with Crippen molar-refractivity contribution in [1.82, 2.24) is 4.98 Å². The van der Waals surface area contributed by atoms with Gasteiger partial charge >= 0.3 is 31.1 Å². The number of hydrogen-bond acceptors (Lipinski definition) is 1. The summed E-state index contributed by atoms with van der Waals surface area (Å²) >= 11 is 0. The Morgan fingerprint density at radius 1 is 1.31 bits per heavy atom. The van der Waals surface area contributed by atoms with Gasteiger partial charge in [-0.1, -0.05) is 18.3 Å². The summed E-state index contributed by atoms with van der Waals surface area (Å²) in [5.41, 5.74) is 1.66. The Morgan fingerprint density at radius 3 is 1.77 bits per heavy atom. The molecule has 73 valence electrons. The van der Waals surface area contributed by atoms with Crippen LogP contribution in [0.2, 0.25) is 0 Å². The molecule has 1 aromatic heterocycles. The van der Waals surface area contributed by atoms with Crippen LogP contribution >= 0.6 is 0 Å². The van der Waals surface area contributed by atoms with Gasteiger partial charge in [0, 0.05) is 0 Å². The molecule has 0 saturated carbocycles. The maximum Gasteiger partial charge on any atom is 3.00 e. The number of hydrogen-bond donors (Lipinski definition) is 2. The molecule has 0 fully saturated rings. The number of aromatic amines is 1. The molecule has 0 aliphatic carbocycles. The van der Waals surface area contributed by atoms with Gasteiger partial charge < -0.3 is 23.9 Å². The fourth-order valence-corrected chi connectivity index (χ4v) is 0.643. The molecule has 0 aliphatic heterocycles. The number of nitrogens with one attached hydrogen (secondary N) is 1. The quantitative estimate of drug-likeness (QED) is 0.639. The van der Waals surface area contributed by atoms with Gasteiger partial charge in [0.05, 0.1) is 0 Å². The second-order valence-electron chi connectivity index (χ2n) is 2.43. The predicted octanol–water partition coefficient (Wildman–Crippen LogP) is 2.82. The van der Waals surface area contributed by atoms with Crippen molar-refractivity contribution in [2.45, 2.75) is 27.7 Å². The van der Waals surface area contributed by atoms with Gasteiger partial charge in [-0.25, -0.2) is 0 Å². The second kappa shape index (κ2) is 10.2. The molecule has 0 saturated heterocycles. The van der Waals surface area contributed by atoms with Crippen LogP contribution in [0.5, 0.6) is 5.75 Å². The summed E-state index contributed by atoms with van der Waals surface area (Å²) in [4.78, 5) is 2.90. The Balaban J connectivity index is -0.000000180. The molecule has 0 spiro atoms. The van der Waals surface area contributed by atoms with Crippen LogP contribution < -0.4 is 0 Å². The number of aromatic hydroxyl groups is 1. The SMILES string of the molecule is C[CH-]C.Cc1[c-]c(O)c(C)[nH]1.[CH3-].[U+3]. The van der Waals surface area contributed by atoms with Gasteiger partial charge in [0.25, 0.3) is 0 Å². The molecule has 2 nitrogen and oxygen atoms in total. The maximum absolute atomic E-state index is 8.85. The topological polar surface area (TPSA) is 36.0 Å². The standard InChI is InChI=1S/C6H8NO.C3H7.CH3.U/c1-4-3-6(8)5(2)7-4;1-3-2;;/h7-8H,1-2H3;3H,1-2H3;1H3;/q3*-1;+3. The molecule has 2 N–H and O–H groups in total. The van der Waals surface area contributed by atoms with E-state index >= 15 is 0 Å². The number of aryl methyl sites for hydroxylation is 2. The molecule has 1 aromatic rings.